The van der Waals surface area contributed by atoms with Gasteiger partial charge in [0.05, 0.1) is 12.2 Å². The van der Waals surface area contributed by atoms with Crippen molar-refractivity contribution < 1.29 is 22.7 Å². The minimum atomic E-state index is -4.65. The maximum absolute atomic E-state index is 12.8. The first-order valence-electron chi connectivity index (χ1n) is 6.78. The third kappa shape index (κ3) is 4.12. The van der Waals surface area contributed by atoms with E-state index in [1.54, 1.807) is 13.8 Å². The van der Waals surface area contributed by atoms with Gasteiger partial charge in [-0.1, -0.05) is 20.3 Å². The Balaban J connectivity index is 3.41. The number of carbonyl (C=O) groups is 1. The van der Waals surface area contributed by atoms with Crippen LogP contribution in [0.4, 0.5) is 13.2 Å². The molecule has 4 nitrogen and oxygen atoms in total. The summed E-state index contributed by atoms with van der Waals surface area (Å²) in [7, 11) is 0. The molecule has 1 aromatic heterocycles. The molecule has 0 fully saturated rings. The van der Waals surface area contributed by atoms with Crippen molar-refractivity contribution in [1.29, 1.82) is 0 Å². The molecule has 0 saturated carbocycles. The third-order valence-electron chi connectivity index (χ3n) is 3.35. The van der Waals surface area contributed by atoms with E-state index in [1.807, 2.05) is 6.92 Å². The molecule has 1 aromatic rings. The van der Waals surface area contributed by atoms with Crippen LogP contribution in [0.5, 0.6) is 0 Å². The van der Waals surface area contributed by atoms with Gasteiger partial charge in [-0.3, -0.25) is 9.36 Å². The van der Waals surface area contributed by atoms with E-state index in [9.17, 15) is 22.8 Å². The summed E-state index contributed by atoms with van der Waals surface area (Å²) in [5, 5.41) is 0. The molecule has 2 atom stereocenters. The molecule has 8 heteroatoms. The van der Waals surface area contributed by atoms with Crippen molar-refractivity contribution in [1.82, 2.24) is 4.57 Å². The molecule has 0 spiro atoms. The number of halogens is 4. The Morgan fingerprint density at radius 2 is 2.00 bits per heavy atom. The number of aromatic nitrogens is 1. The van der Waals surface area contributed by atoms with E-state index < -0.39 is 29.3 Å². The van der Waals surface area contributed by atoms with E-state index in [0.717, 1.165) is 10.8 Å². The van der Waals surface area contributed by atoms with Gasteiger partial charge in [-0.2, -0.15) is 13.2 Å². The van der Waals surface area contributed by atoms with Gasteiger partial charge in [-0.25, -0.2) is 4.79 Å². The van der Waals surface area contributed by atoms with Crippen LogP contribution in [0.2, 0.25) is 0 Å². The normalized spacial score (nSPS) is 14.5. The van der Waals surface area contributed by atoms with Gasteiger partial charge in [0.15, 0.2) is 0 Å². The second-order valence-corrected chi connectivity index (χ2v) is 5.72. The minimum absolute atomic E-state index is 0.127. The van der Waals surface area contributed by atoms with Gasteiger partial charge >= 0.3 is 12.1 Å². The van der Waals surface area contributed by atoms with Crippen LogP contribution in [0, 0.1) is 5.92 Å². The molecule has 0 N–H and O–H groups in total. The van der Waals surface area contributed by atoms with Gasteiger partial charge in [0.2, 0.25) is 0 Å². The van der Waals surface area contributed by atoms with E-state index in [1.165, 1.54) is 0 Å². The molecule has 0 saturated heterocycles. The average Bonchev–Trinajstić information content (AvgIpc) is 2.41. The molecule has 22 heavy (non-hydrogen) atoms. The maximum atomic E-state index is 12.8. The molecule has 0 bridgehead atoms. The summed E-state index contributed by atoms with van der Waals surface area (Å²) in [6.07, 6.45) is -3.08. The van der Waals surface area contributed by atoms with Gasteiger partial charge in [-0.15, -0.1) is 0 Å². The molecule has 0 radical (unpaired) electrons. The van der Waals surface area contributed by atoms with E-state index in [2.05, 4.69) is 15.9 Å². The topological polar surface area (TPSA) is 48.3 Å². The molecule has 0 aliphatic rings. The van der Waals surface area contributed by atoms with Crippen molar-refractivity contribution in [2.24, 2.45) is 5.92 Å². The lowest BCUT2D eigenvalue weighted by atomic mass is 9.98. The molecule has 0 aromatic carbocycles. The van der Waals surface area contributed by atoms with Gasteiger partial charge < -0.3 is 4.74 Å². The highest BCUT2D eigenvalue weighted by Crippen LogP contribution is 2.34. The second-order valence-electron chi connectivity index (χ2n) is 4.86. The van der Waals surface area contributed by atoms with Crippen LogP contribution >= 0.6 is 15.9 Å². The number of carbonyl (C=O) groups excluding carboxylic acids is 1. The molecule has 124 valence electrons. The lowest BCUT2D eigenvalue weighted by Crippen LogP contribution is -2.35. The van der Waals surface area contributed by atoms with Crippen LogP contribution in [-0.2, 0) is 15.7 Å². The van der Waals surface area contributed by atoms with Crippen molar-refractivity contribution in [2.75, 3.05) is 6.61 Å². The predicted molar refractivity (Wildman–Crippen MR) is 78.5 cm³/mol. The average molecular weight is 384 g/mol. The van der Waals surface area contributed by atoms with Gasteiger partial charge in [-0.05, 0) is 28.8 Å². The summed E-state index contributed by atoms with van der Waals surface area (Å²) in [5.41, 5.74) is -1.96. The minimum Gasteiger partial charge on any atom is -0.464 e. The largest absolute Gasteiger partial charge is 0.464 e. The highest BCUT2D eigenvalue weighted by molar-refractivity contribution is 9.10. The summed E-state index contributed by atoms with van der Waals surface area (Å²) in [5.74, 6) is -0.897. The van der Waals surface area contributed by atoms with Crippen molar-refractivity contribution in [3.63, 3.8) is 0 Å². The fourth-order valence-corrected chi connectivity index (χ4v) is 2.59. The van der Waals surface area contributed by atoms with Crippen molar-refractivity contribution in [3.05, 3.63) is 32.7 Å². The lowest BCUT2D eigenvalue weighted by Gasteiger charge is -2.24. The third-order valence-corrected chi connectivity index (χ3v) is 3.98. The number of ether oxygens (including phenoxy) is 1. The number of pyridine rings is 1. The molecule has 0 aliphatic heterocycles. The monoisotopic (exact) mass is 383 g/mol. The van der Waals surface area contributed by atoms with Crippen LogP contribution in [-0.4, -0.2) is 17.1 Å². The van der Waals surface area contributed by atoms with Crippen LogP contribution in [0.1, 0.15) is 38.8 Å². The van der Waals surface area contributed by atoms with Crippen molar-refractivity contribution in [2.45, 2.75) is 39.4 Å². The lowest BCUT2D eigenvalue weighted by molar-refractivity contribution is -0.149. The van der Waals surface area contributed by atoms with E-state index in [4.69, 9.17) is 4.74 Å². The standard InChI is InChI=1S/C14H17BrF3NO3/c1-4-8(3)12(13(21)22-5-2)19-7-10(15)9(6-11(19)20)14(16,17)18/h6-8,12H,4-5H2,1-3H3. The molecule has 1 rings (SSSR count). The molecule has 1 heterocycles. The van der Waals surface area contributed by atoms with Crippen molar-refractivity contribution in [3.8, 4) is 0 Å². The zero-order valence-electron chi connectivity index (χ0n) is 12.4. The van der Waals surface area contributed by atoms with Crippen LogP contribution < -0.4 is 5.56 Å². The zero-order valence-corrected chi connectivity index (χ0v) is 14.0. The Kier molecular flexibility index (Phi) is 6.22. The first-order chi connectivity index (χ1) is 10.1. The number of rotatable bonds is 5. The highest BCUT2D eigenvalue weighted by Gasteiger charge is 2.35. The molecule has 0 aliphatic carbocycles. The summed E-state index contributed by atoms with van der Waals surface area (Å²) >= 11 is 2.81. The molecule has 0 amide bonds. The summed E-state index contributed by atoms with van der Waals surface area (Å²) in [6, 6.07) is -0.477. The Hall–Kier alpha value is -1.31. The number of hydrogen-bond acceptors (Lipinski definition) is 3. The smallest absolute Gasteiger partial charge is 0.417 e. The number of alkyl halides is 3. The summed E-state index contributed by atoms with van der Waals surface area (Å²) in [6.45, 7) is 5.31. The fourth-order valence-electron chi connectivity index (χ4n) is 2.03. The first kappa shape index (κ1) is 18.7. The molecule has 2 unspecified atom stereocenters. The van der Waals surface area contributed by atoms with E-state index in [-0.39, 0.29) is 17.0 Å². The van der Waals surface area contributed by atoms with Crippen LogP contribution in [0.3, 0.4) is 0 Å². The quantitative estimate of drug-likeness (QED) is 0.726. The first-order valence-corrected chi connectivity index (χ1v) is 7.58. The number of esters is 1. The Morgan fingerprint density at radius 3 is 2.45 bits per heavy atom. The number of hydrogen-bond donors (Lipinski definition) is 0. The highest BCUT2D eigenvalue weighted by atomic mass is 79.9. The Labute approximate surface area is 134 Å². The molecular formula is C14H17BrF3NO3. The zero-order chi connectivity index (χ0) is 17.1. The van der Waals surface area contributed by atoms with Gasteiger partial charge in [0, 0.05) is 16.7 Å². The van der Waals surface area contributed by atoms with Gasteiger partial charge in [0.1, 0.15) is 6.04 Å². The summed E-state index contributed by atoms with van der Waals surface area (Å²) < 4.78 is 44.0. The van der Waals surface area contributed by atoms with Crippen molar-refractivity contribution >= 4 is 21.9 Å². The van der Waals surface area contributed by atoms with E-state index >= 15 is 0 Å². The second kappa shape index (κ2) is 7.30. The van der Waals surface area contributed by atoms with E-state index in [0.29, 0.717) is 12.5 Å². The molecular weight excluding hydrogens is 367 g/mol. The van der Waals surface area contributed by atoms with Crippen LogP contribution in [0.15, 0.2) is 21.5 Å². The summed E-state index contributed by atoms with van der Waals surface area (Å²) in [4.78, 5) is 24.1. The maximum Gasteiger partial charge on any atom is 0.417 e. The predicted octanol–water partition coefficient (Wildman–Crippen LogP) is 3.78. The Bertz CT molecular complexity index is 598. The van der Waals surface area contributed by atoms with Crippen LogP contribution in [0.25, 0.3) is 0 Å². The van der Waals surface area contributed by atoms with Gasteiger partial charge in [0.25, 0.3) is 5.56 Å². The fraction of sp³-hybridized carbons (Fsp3) is 0.571. The Morgan fingerprint density at radius 1 is 1.41 bits per heavy atom. The number of nitrogens with zero attached hydrogens (tertiary/aromatic N) is 1. The SMILES string of the molecule is CCOC(=O)C(C(C)CC)n1cc(Br)c(C(F)(F)F)cc1=O.